The number of hydrogen-bond donors (Lipinski definition) is 1. The molecular weight excluding hydrogens is 206 g/mol. The molecule has 70 valence electrons. The molecule has 13 heavy (non-hydrogen) atoms. The molecule has 2 rings (SSSR count). The van der Waals surface area contributed by atoms with Gasteiger partial charge in [-0.2, -0.15) is 0 Å². The Morgan fingerprint density at radius 3 is 2.92 bits per heavy atom. The Balaban J connectivity index is 2.00. The van der Waals surface area contributed by atoms with E-state index in [2.05, 4.69) is 5.32 Å². The Labute approximate surface area is 85.9 Å². The zero-order valence-corrected chi connectivity index (χ0v) is 8.62. The topological polar surface area (TPSA) is 29.1 Å². The molecule has 2 nitrogen and oxygen atoms in total. The molecule has 0 bridgehead atoms. The standard InChI is InChI=1S/C9H10ClNOS/c10-7-1-2-13-9(7)8(12)3-6-4-11-5-6/h1-2,6,11H,3-5H2. The smallest absolute Gasteiger partial charge is 0.174 e. The lowest BCUT2D eigenvalue weighted by Gasteiger charge is -2.26. The predicted octanol–water partition coefficient (Wildman–Crippen LogP) is 2.19. The van der Waals surface area contributed by atoms with Crippen molar-refractivity contribution < 1.29 is 4.79 Å². The van der Waals surface area contributed by atoms with Crippen LogP contribution in [0.25, 0.3) is 0 Å². The fourth-order valence-electron chi connectivity index (χ4n) is 1.34. The molecule has 0 aliphatic carbocycles. The highest BCUT2D eigenvalue weighted by atomic mass is 35.5. The van der Waals surface area contributed by atoms with Crippen molar-refractivity contribution in [1.82, 2.24) is 5.32 Å². The first-order chi connectivity index (χ1) is 6.27. The molecule has 0 amide bonds. The second-order valence-corrected chi connectivity index (χ2v) is 4.57. The van der Waals surface area contributed by atoms with Gasteiger partial charge in [0.05, 0.1) is 9.90 Å². The summed E-state index contributed by atoms with van der Waals surface area (Å²) in [4.78, 5) is 12.3. The van der Waals surface area contributed by atoms with Crippen LogP contribution in [0.1, 0.15) is 16.1 Å². The van der Waals surface area contributed by atoms with Crippen LogP contribution in [0.2, 0.25) is 5.02 Å². The van der Waals surface area contributed by atoms with Crippen molar-refractivity contribution in [3.05, 3.63) is 21.3 Å². The van der Waals surface area contributed by atoms with Crippen molar-refractivity contribution in [2.75, 3.05) is 13.1 Å². The molecule has 2 heterocycles. The average Bonchev–Trinajstić information content (AvgIpc) is 2.43. The quantitative estimate of drug-likeness (QED) is 0.784. The summed E-state index contributed by atoms with van der Waals surface area (Å²) in [5.41, 5.74) is 0. The van der Waals surface area contributed by atoms with Crippen LogP contribution in [0.3, 0.4) is 0 Å². The Morgan fingerprint density at radius 2 is 2.46 bits per heavy atom. The van der Waals surface area contributed by atoms with Gasteiger partial charge in [-0.25, -0.2) is 0 Å². The van der Waals surface area contributed by atoms with E-state index in [-0.39, 0.29) is 5.78 Å². The number of ketones is 1. The summed E-state index contributed by atoms with van der Waals surface area (Å²) in [6, 6.07) is 1.78. The van der Waals surface area contributed by atoms with Gasteiger partial charge >= 0.3 is 0 Å². The van der Waals surface area contributed by atoms with Crippen LogP contribution in [-0.2, 0) is 0 Å². The molecule has 1 aliphatic heterocycles. The van der Waals surface area contributed by atoms with Crippen molar-refractivity contribution in [2.24, 2.45) is 5.92 Å². The van der Waals surface area contributed by atoms with Crippen LogP contribution >= 0.6 is 22.9 Å². The van der Waals surface area contributed by atoms with E-state index >= 15 is 0 Å². The van der Waals surface area contributed by atoms with Gasteiger partial charge in [0, 0.05) is 6.42 Å². The predicted molar refractivity (Wildman–Crippen MR) is 54.6 cm³/mol. The van der Waals surface area contributed by atoms with Gasteiger partial charge in [-0.15, -0.1) is 11.3 Å². The van der Waals surface area contributed by atoms with Gasteiger partial charge in [-0.05, 0) is 30.5 Å². The third kappa shape index (κ3) is 1.93. The molecule has 1 N–H and O–H groups in total. The van der Waals surface area contributed by atoms with Crippen molar-refractivity contribution in [3.8, 4) is 0 Å². The van der Waals surface area contributed by atoms with E-state index in [4.69, 9.17) is 11.6 Å². The lowest BCUT2D eigenvalue weighted by atomic mass is 9.96. The Bertz CT molecular complexity index is 319. The molecule has 1 aromatic rings. The van der Waals surface area contributed by atoms with Crippen LogP contribution in [0, 0.1) is 5.92 Å². The van der Waals surface area contributed by atoms with Crippen LogP contribution < -0.4 is 5.32 Å². The monoisotopic (exact) mass is 215 g/mol. The highest BCUT2D eigenvalue weighted by molar-refractivity contribution is 7.12. The van der Waals surface area contributed by atoms with Gasteiger partial charge in [0.15, 0.2) is 5.78 Å². The zero-order valence-electron chi connectivity index (χ0n) is 7.05. The summed E-state index contributed by atoms with van der Waals surface area (Å²) in [6.07, 6.45) is 0.632. The Morgan fingerprint density at radius 1 is 1.69 bits per heavy atom. The van der Waals surface area contributed by atoms with Crippen LogP contribution in [0.5, 0.6) is 0 Å². The van der Waals surface area contributed by atoms with E-state index in [1.165, 1.54) is 11.3 Å². The molecular formula is C9H10ClNOS. The van der Waals surface area contributed by atoms with Crippen molar-refractivity contribution >= 4 is 28.7 Å². The molecule has 4 heteroatoms. The van der Waals surface area contributed by atoms with E-state index in [1.54, 1.807) is 6.07 Å². The first-order valence-electron chi connectivity index (χ1n) is 4.24. The number of carbonyl (C=O) groups is 1. The second kappa shape index (κ2) is 3.78. The molecule has 1 fully saturated rings. The molecule has 1 aliphatic rings. The minimum Gasteiger partial charge on any atom is -0.316 e. The van der Waals surface area contributed by atoms with E-state index in [1.807, 2.05) is 5.38 Å². The maximum atomic E-state index is 11.6. The summed E-state index contributed by atoms with van der Waals surface area (Å²) >= 11 is 7.29. The summed E-state index contributed by atoms with van der Waals surface area (Å²) in [6.45, 7) is 1.93. The van der Waals surface area contributed by atoms with Gasteiger partial charge in [0.1, 0.15) is 0 Å². The van der Waals surface area contributed by atoms with Crippen LogP contribution in [0.4, 0.5) is 0 Å². The van der Waals surface area contributed by atoms with Crippen molar-refractivity contribution in [1.29, 1.82) is 0 Å². The molecule has 0 atom stereocenters. The molecule has 0 spiro atoms. The first-order valence-corrected chi connectivity index (χ1v) is 5.50. The number of thiophene rings is 1. The van der Waals surface area contributed by atoms with Crippen molar-refractivity contribution in [2.45, 2.75) is 6.42 Å². The van der Waals surface area contributed by atoms with E-state index in [0.29, 0.717) is 22.2 Å². The van der Waals surface area contributed by atoms with Gasteiger partial charge < -0.3 is 5.32 Å². The highest BCUT2D eigenvalue weighted by Crippen LogP contribution is 2.25. The van der Waals surface area contributed by atoms with Gasteiger partial charge in [-0.3, -0.25) is 4.79 Å². The Kier molecular flexibility index (Phi) is 2.67. The van der Waals surface area contributed by atoms with Gasteiger partial charge in [0.2, 0.25) is 0 Å². The lowest BCUT2D eigenvalue weighted by molar-refractivity contribution is 0.0950. The fourth-order valence-corrected chi connectivity index (χ4v) is 2.45. The number of hydrogen-bond acceptors (Lipinski definition) is 3. The van der Waals surface area contributed by atoms with Crippen molar-refractivity contribution in [3.63, 3.8) is 0 Å². The number of carbonyl (C=O) groups excluding carboxylic acids is 1. The first kappa shape index (κ1) is 9.19. The normalized spacial score (nSPS) is 17.0. The van der Waals surface area contributed by atoms with E-state index < -0.39 is 0 Å². The summed E-state index contributed by atoms with van der Waals surface area (Å²) in [7, 11) is 0. The number of nitrogens with one attached hydrogen (secondary N) is 1. The third-order valence-electron chi connectivity index (χ3n) is 2.21. The van der Waals surface area contributed by atoms with Gasteiger partial charge in [-0.1, -0.05) is 11.6 Å². The van der Waals surface area contributed by atoms with Crippen LogP contribution in [-0.4, -0.2) is 18.9 Å². The summed E-state index contributed by atoms with van der Waals surface area (Å²) in [5, 5.41) is 5.60. The lowest BCUT2D eigenvalue weighted by Crippen LogP contribution is -2.42. The fraction of sp³-hybridized carbons (Fsp3) is 0.444. The number of halogens is 1. The average molecular weight is 216 g/mol. The number of rotatable bonds is 3. The summed E-state index contributed by atoms with van der Waals surface area (Å²) in [5.74, 6) is 0.706. The minimum atomic E-state index is 0.187. The zero-order chi connectivity index (χ0) is 9.26. The van der Waals surface area contributed by atoms with Gasteiger partial charge in [0.25, 0.3) is 0 Å². The Hall–Kier alpha value is -0.380. The summed E-state index contributed by atoms with van der Waals surface area (Å²) < 4.78 is 0. The molecule has 0 radical (unpaired) electrons. The molecule has 0 aromatic carbocycles. The molecule has 1 saturated heterocycles. The van der Waals surface area contributed by atoms with E-state index in [9.17, 15) is 4.79 Å². The van der Waals surface area contributed by atoms with Crippen LogP contribution in [0.15, 0.2) is 11.4 Å². The minimum absolute atomic E-state index is 0.187. The van der Waals surface area contributed by atoms with E-state index in [0.717, 1.165) is 13.1 Å². The molecule has 0 saturated carbocycles. The SMILES string of the molecule is O=C(CC1CNC1)c1sccc1Cl. The maximum Gasteiger partial charge on any atom is 0.174 e. The third-order valence-corrected chi connectivity index (χ3v) is 3.59. The largest absolute Gasteiger partial charge is 0.316 e. The molecule has 1 aromatic heterocycles. The highest BCUT2D eigenvalue weighted by Gasteiger charge is 2.22. The number of Topliss-reactive ketones (excluding diaryl/α,β-unsaturated/α-hetero) is 1. The maximum absolute atomic E-state index is 11.6. The second-order valence-electron chi connectivity index (χ2n) is 3.25. The molecule has 0 unspecified atom stereocenters.